The Balaban J connectivity index is 1.65. The van der Waals surface area contributed by atoms with Gasteiger partial charge in [-0.05, 0) is 19.9 Å². The molecule has 7 heteroatoms. The Morgan fingerprint density at radius 3 is 2.55 bits per heavy atom. The maximum Gasteiger partial charge on any atom is 0.232 e. The summed E-state index contributed by atoms with van der Waals surface area (Å²) in [6.45, 7) is 5.34. The van der Waals surface area contributed by atoms with Crippen LogP contribution in [0.4, 0.5) is 5.88 Å². The highest BCUT2D eigenvalue weighted by Crippen LogP contribution is 2.34. The quantitative estimate of drug-likeness (QED) is 0.646. The fourth-order valence-electron chi connectivity index (χ4n) is 4.61. The lowest BCUT2D eigenvalue weighted by Gasteiger charge is -2.33. The molecule has 2 aromatic rings. The van der Waals surface area contributed by atoms with E-state index in [1.54, 1.807) is 7.11 Å². The molecule has 31 heavy (non-hydrogen) atoms. The maximum absolute atomic E-state index is 13.4. The van der Waals surface area contributed by atoms with Gasteiger partial charge in [-0.3, -0.25) is 4.79 Å². The van der Waals surface area contributed by atoms with Crippen LogP contribution in [-0.2, 0) is 16.1 Å². The number of amides is 1. The molecule has 168 valence electrons. The molecule has 2 fully saturated rings. The van der Waals surface area contributed by atoms with E-state index in [1.165, 1.54) is 0 Å². The van der Waals surface area contributed by atoms with Crippen molar-refractivity contribution in [2.24, 2.45) is 5.92 Å². The maximum atomic E-state index is 13.4. The standard InChI is InChI=1S/C24H34N4O3/c1-26-12-14-27(15-13-26)24-21(22(25-31-24)19-8-4-3-5-9-19)18-28(16-17-30-2)23(29)20-10-6-7-11-20/h3-5,8-9,20H,6-7,10-18H2,1-2H3. The van der Waals surface area contributed by atoms with E-state index in [-0.39, 0.29) is 11.8 Å². The van der Waals surface area contributed by atoms with Crippen molar-refractivity contribution >= 4 is 11.8 Å². The normalized spacial score (nSPS) is 17.9. The Bertz CT molecular complexity index is 840. The van der Waals surface area contributed by atoms with Gasteiger partial charge in [0.25, 0.3) is 0 Å². The van der Waals surface area contributed by atoms with E-state index in [9.17, 15) is 4.79 Å². The Labute approximate surface area is 184 Å². The van der Waals surface area contributed by atoms with Gasteiger partial charge in [-0.1, -0.05) is 48.3 Å². The van der Waals surface area contributed by atoms with Crippen molar-refractivity contribution in [1.82, 2.24) is 15.0 Å². The van der Waals surface area contributed by atoms with Crippen molar-refractivity contribution in [2.45, 2.75) is 32.2 Å². The number of ether oxygens (including phenoxy) is 1. The Morgan fingerprint density at radius 1 is 1.16 bits per heavy atom. The van der Waals surface area contributed by atoms with Crippen molar-refractivity contribution in [3.05, 3.63) is 35.9 Å². The summed E-state index contributed by atoms with van der Waals surface area (Å²) in [6.07, 6.45) is 4.26. The number of rotatable bonds is 8. The third kappa shape index (κ3) is 5.10. The number of methoxy groups -OCH3 is 1. The van der Waals surface area contributed by atoms with Gasteiger partial charge in [0.05, 0.1) is 18.7 Å². The van der Waals surface area contributed by atoms with Crippen LogP contribution in [0.5, 0.6) is 0 Å². The minimum Gasteiger partial charge on any atom is -0.383 e. The molecule has 1 saturated carbocycles. The molecule has 1 aromatic heterocycles. The Morgan fingerprint density at radius 2 is 1.87 bits per heavy atom. The number of hydrogen-bond donors (Lipinski definition) is 0. The number of anilines is 1. The van der Waals surface area contributed by atoms with E-state index in [0.717, 1.165) is 74.6 Å². The number of likely N-dealkylation sites (N-methyl/N-ethyl adjacent to an activating group) is 1. The summed E-state index contributed by atoms with van der Waals surface area (Å²) in [4.78, 5) is 19.9. The largest absolute Gasteiger partial charge is 0.383 e. The van der Waals surface area contributed by atoms with Crippen molar-refractivity contribution in [1.29, 1.82) is 0 Å². The van der Waals surface area contributed by atoms with Crippen LogP contribution < -0.4 is 4.90 Å². The molecule has 2 heterocycles. The van der Waals surface area contributed by atoms with E-state index < -0.39 is 0 Å². The molecule has 1 aliphatic heterocycles. The smallest absolute Gasteiger partial charge is 0.232 e. The summed E-state index contributed by atoms with van der Waals surface area (Å²) in [5.41, 5.74) is 2.84. The van der Waals surface area contributed by atoms with Crippen molar-refractivity contribution in [3.8, 4) is 11.3 Å². The van der Waals surface area contributed by atoms with E-state index in [0.29, 0.717) is 19.7 Å². The van der Waals surface area contributed by atoms with Gasteiger partial charge in [0.1, 0.15) is 5.69 Å². The van der Waals surface area contributed by atoms with Crippen LogP contribution >= 0.6 is 0 Å². The second-order valence-corrected chi connectivity index (χ2v) is 8.71. The van der Waals surface area contributed by atoms with Crippen molar-refractivity contribution in [2.75, 3.05) is 58.4 Å². The van der Waals surface area contributed by atoms with Gasteiger partial charge in [-0.2, -0.15) is 0 Å². The number of aromatic nitrogens is 1. The molecule has 1 aliphatic carbocycles. The zero-order valence-corrected chi connectivity index (χ0v) is 18.8. The van der Waals surface area contributed by atoms with Gasteiger partial charge >= 0.3 is 0 Å². The van der Waals surface area contributed by atoms with E-state index in [1.807, 2.05) is 35.2 Å². The van der Waals surface area contributed by atoms with E-state index in [2.05, 4.69) is 22.0 Å². The van der Waals surface area contributed by atoms with Gasteiger partial charge in [0.2, 0.25) is 11.8 Å². The summed E-state index contributed by atoms with van der Waals surface area (Å²) in [6, 6.07) is 10.1. The zero-order chi connectivity index (χ0) is 21.6. The molecule has 0 spiro atoms. The average molecular weight is 427 g/mol. The Hall–Kier alpha value is -2.38. The second kappa shape index (κ2) is 10.3. The minimum atomic E-state index is 0.129. The molecule has 1 saturated heterocycles. The number of carbonyl (C=O) groups is 1. The average Bonchev–Trinajstić information content (AvgIpc) is 3.48. The number of carbonyl (C=O) groups excluding carboxylic acids is 1. The highest BCUT2D eigenvalue weighted by molar-refractivity contribution is 5.80. The monoisotopic (exact) mass is 426 g/mol. The van der Waals surface area contributed by atoms with Crippen molar-refractivity contribution in [3.63, 3.8) is 0 Å². The van der Waals surface area contributed by atoms with Gasteiger partial charge in [0, 0.05) is 51.3 Å². The predicted octanol–water partition coefficient (Wildman–Crippen LogP) is 3.26. The van der Waals surface area contributed by atoms with Crippen LogP contribution in [0.15, 0.2) is 34.9 Å². The summed E-state index contributed by atoms with van der Waals surface area (Å²) < 4.78 is 11.3. The van der Waals surface area contributed by atoms with Crippen LogP contribution in [0.25, 0.3) is 11.3 Å². The number of benzene rings is 1. The minimum absolute atomic E-state index is 0.129. The molecule has 0 bridgehead atoms. The summed E-state index contributed by atoms with van der Waals surface area (Å²) >= 11 is 0. The van der Waals surface area contributed by atoms with Gasteiger partial charge in [-0.15, -0.1) is 0 Å². The molecule has 1 amide bonds. The molecular formula is C24H34N4O3. The van der Waals surface area contributed by atoms with Crippen LogP contribution in [0.3, 0.4) is 0 Å². The highest BCUT2D eigenvalue weighted by Gasteiger charge is 2.31. The molecular weight excluding hydrogens is 392 g/mol. The third-order valence-electron chi connectivity index (χ3n) is 6.54. The fourth-order valence-corrected chi connectivity index (χ4v) is 4.61. The highest BCUT2D eigenvalue weighted by atomic mass is 16.5. The fraction of sp³-hybridized carbons (Fsp3) is 0.583. The van der Waals surface area contributed by atoms with Crippen LogP contribution in [0.2, 0.25) is 0 Å². The predicted molar refractivity (Wildman–Crippen MR) is 121 cm³/mol. The van der Waals surface area contributed by atoms with Gasteiger partial charge in [-0.25, -0.2) is 0 Å². The first-order valence-electron chi connectivity index (χ1n) is 11.4. The molecule has 4 rings (SSSR count). The second-order valence-electron chi connectivity index (χ2n) is 8.71. The summed E-state index contributed by atoms with van der Waals surface area (Å²) in [5.74, 6) is 1.16. The SMILES string of the molecule is COCCN(Cc1c(-c2ccccc2)noc1N1CCN(C)CC1)C(=O)C1CCCC1. The lowest BCUT2D eigenvalue weighted by molar-refractivity contribution is -0.136. The van der Waals surface area contributed by atoms with Crippen LogP contribution in [0.1, 0.15) is 31.2 Å². The summed E-state index contributed by atoms with van der Waals surface area (Å²) in [7, 11) is 3.82. The third-order valence-corrected chi connectivity index (χ3v) is 6.54. The lowest BCUT2D eigenvalue weighted by atomic mass is 10.0. The first-order chi connectivity index (χ1) is 15.2. The van der Waals surface area contributed by atoms with E-state index in [4.69, 9.17) is 9.26 Å². The molecule has 1 aromatic carbocycles. The zero-order valence-electron chi connectivity index (χ0n) is 18.8. The molecule has 2 aliphatic rings. The Kier molecular flexibility index (Phi) is 7.25. The number of piperazine rings is 1. The van der Waals surface area contributed by atoms with Crippen LogP contribution in [0, 0.1) is 5.92 Å². The number of nitrogens with zero attached hydrogens (tertiary/aromatic N) is 4. The first kappa shape index (κ1) is 21.8. The van der Waals surface area contributed by atoms with Gasteiger partial charge < -0.3 is 24.0 Å². The molecule has 0 unspecified atom stereocenters. The lowest BCUT2D eigenvalue weighted by Crippen LogP contribution is -2.45. The molecule has 0 N–H and O–H groups in total. The molecule has 7 nitrogen and oxygen atoms in total. The van der Waals surface area contributed by atoms with E-state index >= 15 is 0 Å². The molecule has 0 atom stereocenters. The summed E-state index contributed by atoms with van der Waals surface area (Å²) in [5, 5.41) is 4.47. The van der Waals surface area contributed by atoms with Crippen molar-refractivity contribution < 1.29 is 14.1 Å². The van der Waals surface area contributed by atoms with Gasteiger partial charge in [0.15, 0.2) is 0 Å². The molecule has 0 radical (unpaired) electrons. The number of hydrogen-bond acceptors (Lipinski definition) is 6. The topological polar surface area (TPSA) is 62.1 Å². The van der Waals surface area contributed by atoms with Crippen LogP contribution in [-0.4, -0.2) is 74.4 Å². The first-order valence-corrected chi connectivity index (χ1v) is 11.4.